The van der Waals surface area contributed by atoms with Gasteiger partial charge in [-0.15, -0.1) is 12.4 Å². The molecule has 0 amide bonds. The highest BCUT2D eigenvalue weighted by Gasteiger charge is 2.07. The lowest BCUT2D eigenvalue weighted by atomic mass is 9.98. The molecule has 1 aromatic rings. The van der Waals surface area contributed by atoms with Gasteiger partial charge < -0.3 is 5.73 Å². The van der Waals surface area contributed by atoms with E-state index in [-0.39, 0.29) is 18.1 Å². The lowest BCUT2D eigenvalue weighted by molar-refractivity contribution is -0.384. The number of nitro groups is 1. The van der Waals surface area contributed by atoms with E-state index in [4.69, 9.17) is 5.73 Å². The smallest absolute Gasteiger partial charge is 0.269 e. The first-order valence-corrected chi connectivity index (χ1v) is 4.59. The van der Waals surface area contributed by atoms with Gasteiger partial charge >= 0.3 is 0 Å². The van der Waals surface area contributed by atoms with Gasteiger partial charge in [0.25, 0.3) is 5.69 Å². The van der Waals surface area contributed by atoms with Gasteiger partial charge in [0.15, 0.2) is 0 Å². The van der Waals surface area contributed by atoms with Crippen LogP contribution in [0, 0.1) is 10.1 Å². The summed E-state index contributed by atoms with van der Waals surface area (Å²) in [5, 5.41) is 10.4. The second kappa shape index (κ2) is 6.37. The summed E-state index contributed by atoms with van der Waals surface area (Å²) in [5.41, 5.74) is 6.67. The number of halogens is 1. The Balaban J connectivity index is 0.00000196. The summed E-state index contributed by atoms with van der Waals surface area (Å²) >= 11 is 0. The number of non-ortho nitro benzene ring substituents is 1. The topological polar surface area (TPSA) is 69.2 Å². The maximum atomic E-state index is 10.4. The highest BCUT2D eigenvalue weighted by Crippen LogP contribution is 2.20. The van der Waals surface area contributed by atoms with E-state index in [0.717, 1.165) is 12.0 Å². The first kappa shape index (κ1) is 13.9. The minimum atomic E-state index is -0.391. The average molecular weight is 231 g/mol. The zero-order chi connectivity index (χ0) is 10.6. The van der Waals surface area contributed by atoms with Crippen molar-refractivity contribution in [1.29, 1.82) is 0 Å². The van der Waals surface area contributed by atoms with E-state index in [1.54, 1.807) is 12.1 Å². The van der Waals surface area contributed by atoms with Crippen LogP contribution in [0.15, 0.2) is 24.3 Å². The van der Waals surface area contributed by atoms with Crippen molar-refractivity contribution in [1.82, 2.24) is 0 Å². The second-order valence-corrected chi connectivity index (χ2v) is 3.33. The number of nitrogens with zero attached hydrogens (tertiary/aromatic N) is 1. The van der Waals surface area contributed by atoms with E-state index in [0.29, 0.717) is 12.5 Å². The summed E-state index contributed by atoms with van der Waals surface area (Å²) in [6.07, 6.45) is 0.901. The second-order valence-electron chi connectivity index (χ2n) is 3.33. The molecule has 1 rings (SSSR count). The highest BCUT2D eigenvalue weighted by molar-refractivity contribution is 5.85. The molecular formula is C10H15ClN2O2. The summed E-state index contributed by atoms with van der Waals surface area (Å²) in [5.74, 6) is 0.362. The van der Waals surface area contributed by atoms with Crippen molar-refractivity contribution >= 4 is 18.1 Å². The zero-order valence-corrected chi connectivity index (χ0v) is 9.37. The van der Waals surface area contributed by atoms with Crippen LogP contribution >= 0.6 is 12.4 Å². The molecule has 5 heteroatoms. The molecule has 1 aromatic carbocycles. The average Bonchev–Trinajstić information content (AvgIpc) is 2.18. The van der Waals surface area contributed by atoms with E-state index in [2.05, 4.69) is 6.92 Å². The Morgan fingerprint density at radius 2 is 1.93 bits per heavy atom. The summed E-state index contributed by atoms with van der Waals surface area (Å²) in [6, 6.07) is 6.64. The summed E-state index contributed by atoms with van der Waals surface area (Å²) in [7, 11) is 0. The van der Waals surface area contributed by atoms with Crippen molar-refractivity contribution in [2.45, 2.75) is 19.3 Å². The fourth-order valence-corrected chi connectivity index (χ4v) is 1.34. The molecule has 0 aromatic heterocycles. The SMILES string of the molecule is CC(CCN)c1ccc([N+](=O)[O-])cc1.Cl. The number of nitro benzene ring substituents is 1. The molecule has 84 valence electrons. The zero-order valence-electron chi connectivity index (χ0n) is 8.55. The summed E-state index contributed by atoms with van der Waals surface area (Å²) in [6.45, 7) is 2.70. The van der Waals surface area contributed by atoms with Crippen LogP contribution < -0.4 is 5.73 Å². The molecule has 0 heterocycles. The number of hydrogen-bond acceptors (Lipinski definition) is 3. The standard InChI is InChI=1S/C10H14N2O2.ClH/c1-8(6-7-11)9-2-4-10(5-3-9)12(13)14;/h2-5,8H,6-7,11H2,1H3;1H. The summed E-state index contributed by atoms with van der Waals surface area (Å²) < 4.78 is 0. The molecule has 15 heavy (non-hydrogen) atoms. The van der Waals surface area contributed by atoms with Crippen LogP contribution in [0.5, 0.6) is 0 Å². The molecule has 4 nitrogen and oxygen atoms in total. The molecule has 0 aliphatic heterocycles. The molecule has 1 atom stereocenters. The number of hydrogen-bond donors (Lipinski definition) is 1. The molecule has 0 fully saturated rings. The Bertz CT molecular complexity index is 314. The Labute approximate surface area is 95.0 Å². The van der Waals surface area contributed by atoms with Crippen molar-refractivity contribution in [2.75, 3.05) is 6.54 Å². The monoisotopic (exact) mass is 230 g/mol. The molecular weight excluding hydrogens is 216 g/mol. The van der Waals surface area contributed by atoms with Crippen molar-refractivity contribution in [3.05, 3.63) is 39.9 Å². The van der Waals surface area contributed by atoms with Crippen LogP contribution in [-0.2, 0) is 0 Å². The van der Waals surface area contributed by atoms with Gasteiger partial charge in [-0.1, -0.05) is 19.1 Å². The van der Waals surface area contributed by atoms with Crippen molar-refractivity contribution in [3.63, 3.8) is 0 Å². The molecule has 1 unspecified atom stereocenters. The minimum absolute atomic E-state index is 0. The van der Waals surface area contributed by atoms with Gasteiger partial charge in [-0.2, -0.15) is 0 Å². The van der Waals surface area contributed by atoms with Gasteiger partial charge in [-0.05, 0) is 24.4 Å². The fourth-order valence-electron chi connectivity index (χ4n) is 1.34. The van der Waals surface area contributed by atoms with Gasteiger partial charge in [0.1, 0.15) is 0 Å². The number of benzene rings is 1. The van der Waals surface area contributed by atoms with Crippen LogP contribution in [0.4, 0.5) is 5.69 Å². The summed E-state index contributed by atoms with van der Waals surface area (Å²) in [4.78, 5) is 10.0. The Hall–Kier alpha value is -1.13. The predicted octanol–water partition coefficient (Wildman–Crippen LogP) is 2.47. The molecule has 0 saturated heterocycles. The van der Waals surface area contributed by atoms with Gasteiger partial charge in [-0.25, -0.2) is 0 Å². The number of rotatable bonds is 4. The normalized spacial score (nSPS) is 11.6. The molecule has 0 radical (unpaired) electrons. The largest absolute Gasteiger partial charge is 0.330 e. The molecule has 0 aliphatic rings. The highest BCUT2D eigenvalue weighted by atomic mass is 35.5. The number of nitrogens with two attached hydrogens (primary N) is 1. The first-order valence-electron chi connectivity index (χ1n) is 4.59. The van der Waals surface area contributed by atoms with Crippen LogP contribution in [0.3, 0.4) is 0 Å². The molecule has 0 spiro atoms. The lowest BCUT2D eigenvalue weighted by Gasteiger charge is -2.09. The van der Waals surface area contributed by atoms with E-state index < -0.39 is 4.92 Å². The Morgan fingerprint density at radius 3 is 2.33 bits per heavy atom. The Kier molecular flexibility index (Phi) is 5.89. The first-order chi connectivity index (χ1) is 6.65. The molecule has 2 N–H and O–H groups in total. The molecule has 0 bridgehead atoms. The van der Waals surface area contributed by atoms with Gasteiger partial charge in [0.05, 0.1) is 4.92 Å². The fraction of sp³-hybridized carbons (Fsp3) is 0.400. The van der Waals surface area contributed by atoms with Gasteiger partial charge in [0.2, 0.25) is 0 Å². The van der Waals surface area contributed by atoms with E-state index >= 15 is 0 Å². The lowest BCUT2D eigenvalue weighted by Crippen LogP contribution is -2.04. The van der Waals surface area contributed by atoms with Crippen LogP contribution in [0.2, 0.25) is 0 Å². The maximum Gasteiger partial charge on any atom is 0.269 e. The third-order valence-electron chi connectivity index (χ3n) is 2.27. The molecule has 0 aliphatic carbocycles. The van der Waals surface area contributed by atoms with E-state index in [1.165, 1.54) is 12.1 Å². The van der Waals surface area contributed by atoms with Crippen molar-refractivity contribution in [2.24, 2.45) is 5.73 Å². The third kappa shape index (κ3) is 3.85. The quantitative estimate of drug-likeness (QED) is 0.638. The molecule has 0 saturated carbocycles. The van der Waals surface area contributed by atoms with Gasteiger partial charge in [-0.3, -0.25) is 10.1 Å². The van der Waals surface area contributed by atoms with E-state index in [9.17, 15) is 10.1 Å². The Morgan fingerprint density at radius 1 is 1.40 bits per heavy atom. The van der Waals surface area contributed by atoms with Crippen LogP contribution in [0.25, 0.3) is 0 Å². The van der Waals surface area contributed by atoms with Crippen molar-refractivity contribution < 1.29 is 4.92 Å². The third-order valence-corrected chi connectivity index (χ3v) is 2.27. The van der Waals surface area contributed by atoms with Gasteiger partial charge in [0, 0.05) is 12.1 Å². The van der Waals surface area contributed by atoms with E-state index in [1.807, 2.05) is 0 Å². The predicted molar refractivity (Wildman–Crippen MR) is 62.4 cm³/mol. The van der Waals surface area contributed by atoms with Crippen LogP contribution in [-0.4, -0.2) is 11.5 Å². The van der Waals surface area contributed by atoms with Crippen molar-refractivity contribution in [3.8, 4) is 0 Å². The van der Waals surface area contributed by atoms with Crippen LogP contribution in [0.1, 0.15) is 24.8 Å². The minimum Gasteiger partial charge on any atom is -0.330 e. The maximum absolute atomic E-state index is 10.4.